The predicted molar refractivity (Wildman–Crippen MR) is 104 cm³/mol. The number of rotatable bonds is 5. The van der Waals surface area contributed by atoms with E-state index in [-0.39, 0.29) is 0 Å². The fraction of sp³-hybridized carbons (Fsp3) is 0.600. The van der Waals surface area contributed by atoms with Crippen LogP contribution in [0.2, 0.25) is 0 Å². The maximum absolute atomic E-state index is 12.4. The number of likely N-dealkylation sites (tertiary alicyclic amines) is 1. The van der Waals surface area contributed by atoms with Crippen LogP contribution in [0.3, 0.4) is 0 Å². The molecule has 1 atom stereocenters. The van der Waals surface area contributed by atoms with Gasteiger partial charge < -0.3 is 10.2 Å². The van der Waals surface area contributed by atoms with Crippen LogP contribution in [0.1, 0.15) is 43.5 Å². The van der Waals surface area contributed by atoms with Gasteiger partial charge in [-0.25, -0.2) is 9.97 Å². The SMILES string of the molecule is Cc1nn(C)c(C)c1-c1ccnc(NCC2CC(=O)N(C3CCCC3)C2)n1. The van der Waals surface area contributed by atoms with E-state index in [1.54, 1.807) is 6.20 Å². The molecule has 7 nitrogen and oxygen atoms in total. The zero-order chi connectivity index (χ0) is 19.0. The number of anilines is 1. The average Bonchev–Trinajstić information content (AvgIpc) is 3.34. The van der Waals surface area contributed by atoms with Crippen LogP contribution in [0.4, 0.5) is 5.95 Å². The molecule has 144 valence electrons. The van der Waals surface area contributed by atoms with Gasteiger partial charge in [-0.2, -0.15) is 5.10 Å². The third kappa shape index (κ3) is 3.55. The van der Waals surface area contributed by atoms with Gasteiger partial charge in [-0.1, -0.05) is 12.8 Å². The van der Waals surface area contributed by atoms with Crippen molar-refractivity contribution in [2.24, 2.45) is 13.0 Å². The molecule has 1 aliphatic carbocycles. The molecule has 27 heavy (non-hydrogen) atoms. The van der Waals surface area contributed by atoms with Gasteiger partial charge in [-0.05, 0) is 32.8 Å². The van der Waals surface area contributed by atoms with Gasteiger partial charge in [0.2, 0.25) is 11.9 Å². The first-order valence-corrected chi connectivity index (χ1v) is 9.90. The van der Waals surface area contributed by atoms with Crippen molar-refractivity contribution in [2.75, 3.05) is 18.4 Å². The smallest absolute Gasteiger partial charge is 0.223 e. The Balaban J connectivity index is 1.41. The van der Waals surface area contributed by atoms with E-state index in [1.807, 2.05) is 31.6 Å². The number of hydrogen-bond acceptors (Lipinski definition) is 5. The molecule has 1 saturated carbocycles. The van der Waals surface area contributed by atoms with Crippen molar-refractivity contribution in [3.8, 4) is 11.3 Å². The maximum atomic E-state index is 12.4. The van der Waals surface area contributed by atoms with E-state index in [2.05, 4.69) is 25.3 Å². The third-order valence-corrected chi connectivity index (χ3v) is 5.97. The summed E-state index contributed by atoms with van der Waals surface area (Å²) in [4.78, 5) is 23.5. The number of nitrogens with zero attached hydrogens (tertiary/aromatic N) is 5. The monoisotopic (exact) mass is 368 g/mol. The Labute approximate surface area is 160 Å². The molecular formula is C20H28N6O. The standard InChI is InChI=1S/C20H28N6O/c1-13-19(14(2)25(3)24-13)17-8-9-21-20(23-17)22-11-15-10-18(27)26(12-15)16-6-4-5-7-16/h8-9,15-16H,4-7,10-12H2,1-3H3,(H,21,22,23). The van der Waals surface area contributed by atoms with E-state index in [9.17, 15) is 4.79 Å². The number of hydrogen-bond donors (Lipinski definition) is 1. The number of aromatic nitrogens is 4. The predicted octanol–water partition coefficient (Wildman–Crippen LogP) is 2.70. The molecule has 2 aromatic heterocycles. The molecule has 0 radical (unpaired) electrons. The zero-order valence-electron chi connectivity index (χ0n) is 16.4. The minimum atomic E-state index is 0.310. The summed E-state index contributed by atoms with van der Waals surface area (Å²) in [6.07, 6.45) is 7.25. The second-order valence-corrected chi connectivity index (χ2v) is 7.87. The third-order valence-electron chi connectivity index (χ3n) is 5.97. The molecule has 2 aromatic rings. The van der Waals surface area contributed by atoms with Crippen molar-refractivity contribution in [1.29, 1.82) is 0 Å². The van der Waals surface area contributed by atoms with Gasteiger partial charge in [0, 0.05) is 56.0 Å². The molecular weight excluding hydrogens is 340 g/mol. The van der Waals surface area contributed by atoms with Crippen LogP contribution >= 0.6 is 0 Å². The lowest BCUT2D eigenvalue weighted by atomic mass is 10.1. The van der Waals surface area contributed by atoms with Crippen molar-refractivity contribution >= 4 is 11.9 Å². The molecule has 1 unspecified atom stereocenters. The van der Waals surface area contributed by atoms with Gasteiger partial charge in [0.1, 0.15) is 0 Å². The topological polar surface area (TPSA) is 75.9 Å². The first-order valence-electron chi connectivity index (χ1n) is 9.90. The summed E-state index contributed by atoms with van der Waals surface area (Å²) in [6.45, 7) is 5.63. The van der Waals surface area contributed by atoms with Gasteiger partial charge in [0.25, 0.3) is 0 Å². The number of nitrogens with one attached hydrogen (secondary N) is 1. The van der Waals surface area contributed by atoms with Crippen molar-refractivity contribution < 1.29 is 4.79 Å². The fourth-order valence-electron chi connectivity index (χ4n) is 4.48. The minimum Gasteiger partial charge on any atom is -0.354 e. The highest BCUT2D eigenvalue weighted by Gasteiger charge is 2.35. The highest BCUT2D eigenvalue weighted by atomic mass is 16.2. The lowest BCUT2D eigenvalue weighted by molar-refractivity contribution is -0.129. The molecule has 2 fully saturated rings. The molecule has 0 spiro atoms. The van der Waals surface area contributed by atoms with Crippen LogP contribution in [-0.2, 0) is 11.8 Å². The lowest BCUT2D eigenvalue weighted by Gasteiger charge is -2.24. The van der Waals surface area contributed by atoms with Crippen LogP contribution in [0.15, 0.2) is 12.3 Å². The van der Waals surface area contributed by atoms with Crippen molar-refractivity contribution in [2.45, 2.75) is 52.0 Å². The molecule has 1 aliphatic heterocycles. The van der Waals surface area contributed by atoms with Gasteiger partial charge in [-0.3, -0.25) is 9.48 Å². The van der Waals surface area contributed by atoms with E-state index in [4.69, 9.17) is 0 Å². The normalized spacial score (nSPS) is 20.6. The Morgan fingerprint density at radius 1 is 1.26 bits per heavy atom. The highest BCUT2D eigenvalue weighted by Crippen LogP contribution is 2.30. The van der Waals surface area contributed by atoms with Crippen LogP contribution in [0.5, 0.6) is 0 Å². The van der Waals surface area contributed by atoms with Crippen LogP contribution in [-0.4, -0.2) is 49.7 Å². The van der Waals surface area contributed by atoms with Crippen molar-refractivity contribution in [1.82, 2.24) is 24.6 Å². The Morgan fingerprint density at radius 2 is 2.04 bits per heavy atom. The van der Waals surface area contributed by atoms with Crippen LogP contribution < -0.4 is 5.32 Å². The number of aryl methyl sites for hydroxylation is 2. The summed E-state index contributed by atoms with van der Waals surface area (Å²) in [7, 11) is 1.94. The summed E-state index contributed by atoms with van der Waals surface area (Å²) in [5.41, 5.74) is 4.00. The average molecular weight is 368 g/mol. The molecule has 7 heteroatoms. The second-order valence-electron chi connectivity index (χ2n) is 7.87. The highest BCUT2D eigenvalue weighted by molar-refractivity contribution is 5.79. The molecule has 0 aromatic carbocycles. The van der Waals surface area contributed by atoms with Crippen LogP contribution in [0, 0.1) is 19.8 Å². The van der Waals surface area contributed by atoms with Crippen LogP contribution in [0.25, 0.3) is 11.3 Å². The summed E-state index contributed by atoms with van der Waals surface area (Å²) in [5, 5.41) is 7.82. The van der Waals surface area contributed by atoms with E-state index in [1.165, 1.54) is 25.7 Å². The van der Waals surface area contributed by atoms with Gasteiger partial charge in [-0.15, -0.1) is 0 Å². The maximum Gasteiger partial charge on any atom is 0.223 e. The van der Waals surface area contributed by atoms with Crippen molar-refractivity contribution in [3.63, 3.8) is 0 Å². The largest absolute Gasteiger partial charge is 0.354 e. The Hall–Kier alpha value is -2.44. The number of carbonyl (C=O) groups excluding carboxylic acids is 1. The summed E-state index contributed by atoms with van der Waals surface area (Å²) < 4.78 is 1.88. The summed E-state index contributed by atoms with van der Waals surface area (Å²) in [5.74, 6) is 1.25. The van der Waals surface area contributed by atoms with Crippen molar-refractivity contribution in [3.05, 3.63) is 23.7 Å². The number of amides is 1. The fourth-order valence-corrected chi connectivity index (χ4v) is 4.48. The van der Waals surface area contributed by atoms with E-state index in [0.717, 1.165) is 35.7 Å². The van der Waals surface area contributed by atoms with E-state index < -0.39 is 0 Å². The minimum absolute atomic E-state index is 0.310. The van der Waals surface area contributed by atoms with Gasteiger partial charge in [0.05, 0.1) is 11.4 Å². The molecule has 1 N–H and O–H groups in total. The second kappa shape index (κ2) is 7.29. The Morgan fingerprint density at radius 3 is 2.74 bits per heavy atom. The Bertz CT molecular complexity index is 839. The summed E-state index contributed by atoms with van der Waals surface area (Å²) in [6, 6.07) is 2.39. The van der Waals surface area contributed by atoms with E-state index >= 15 is 0 Å². The molecule has 2 aliphatic rings. The molecule has 1 amide bonds. The lowest BCUT2D eigenvalue weighted by Crippen LogP contribution is -2.34. The van der Waals surface area contributed by atoms with Gasteiger partial charge >= 0.3 is 0 Å². The quantitative estimate of drug-likeness (QED) is 0.878. The molecule has 4 rings (SSSR count). The first kappa shape index (κ1) is 17.9. The van der Waals surface area contributed by atoms with E-state index in [0.29, 0.717) is 30.2 Å². The Kier molecular flexibility index (Phi) is 4.85. The summed E-state index contributed by atoms with van der Waals surface area (Å²) >= 11 is 0. The molecule has 0 bridgehead atoms. The molecule has 1 saturated heterocycles. The number of carbonyl (C=O) groups is 1. The molecule has 3 heterocycles. The van der Waals surface area contributed by atoms with Gasteiger partial charge in [0.15, 0.2) is 0 Å². The first-order chi connectivity index (χ1) is 13.0. The zero-order valence-corrected chi connectivity index (χ0v) is 16.4.